The second kappa shape index (κ2) is 7.40. The Labute approximate surface area is 156 Å². The molecule has 0 aromatic heterocycles. The maximum absolute atomic E-state index is 13.7. The van der Waals surface area contributed by atoms with Gasteiger partial charge < -0.3 is 10.6 Å². The lowest BCUT2D eigenvalue weighted by Crippen LogP contribution is -2.43. The van der Waals surface area contributed by atoms with Crippen molar-refractivity contribution in [3.8, 4) is 0 Å². The highest BCUT2D eigenvalue weighted by Gasteiger charge is 2.45. The summed E-state index contributed by atoms with van der Waals surface area (Å²) in [5, 5.41) is 0. The molecule has 2 fully saturated rings. The van der Waals surface area contributed by atoms with Gasteiger partial charge in [-0.1, -0.05) is 0 Å². The first kappa shape index (κ1) is 20.1. The van der Waals surface area contributed by atoms with E-state index in [1.807, 2.05) is 0 Å². The molecule has 1 aromatic carbocycles. The van der Waals surface area contributed by atoms with Crippen molar-refractivity contribution in [3.05, 3.63) is 35.1 Å². The molecule has 0 saturated carbocycles. The van der Waals surface area contributed by atoms with E-state index in [4.69, 9.17) is 5.73 Å². The molecule has 1 amide bonds. The number of rotatable bonds is 5. The van der Waals surface area contributed by atoms with E-state index in [2.05, 4.69) is 0 Å². The van der Waals surface area contributed by atoms with E-state index in [1.165, 1.54) is 4.31 Å². The molecular weight excluding hydrogens is 383 g/mol. The maximum atomic E-state index is 13.7. The average molecular weight is 405 g/mol. The number of hydrogen-bond acceptors (Lipinski definition) is 4. The van der Waals surface area contributed by atoms with Crippen molar-refractivity contribution in [2.75, 3.05) is 25.9 Å². The number of benzene rings is 1. The molecule has 6 nitrogen and oxygen atoms in total. The van der Waals surface area contributed by atoms with Gasteiger partial charge in [0.1, 0.15) is 5.82 Å². The number of amides is 1. The SMILES string of the molecule is CS(=O)(=O)N1CC2CCN(C(=O)CC(N)Cc3cc(F)c(F)cc3F)C2C1. The van der Waals surface area contributed by atoms with Crippen LogP contribution in [0.3, 0.4) is 0 Å². The van der Waals surface area contributed by atoms with E-state index in [1.54, 1.807) is 4.90 Å². The predicted octanol–water partition coefficient (Wildman–Crippen LogP) is 0.856. The first-order valence-corrected chi connectivity index (χ1v) is 10.5. The smallest absolute Gasteiger partial charge is 0.224 e. The number of carbonyl (C=O) groups excluding carboxylic acids is 1. The number of sulfonamides is 1. The Balaban J connectivity index is 1.61. The van der Waals surface area contributed by atoms with Crippen molar-refractivity contribution >= 4 is 15.9 Å². The molecule has 3 rings (SSSR count). The third-order valence-corrected chi connectivity index (χ3v) is 6.55. The van der Waals surface area contributed by atoms with Gasteiger partial charge in [0.15, 0.2) is 11.6 Å². The molecule has 2 saturated heterocycles. The van der Waals surface area contributed by atoms with Gasteiger partial charge in [-0.15, -0.1) is 0 Å². The quantitative estimate of drug-likeness (QED) is 0.737. The number of hydrogen-bond donors (Lipinski definition) is 1. The van der Waals surface area contributed by atoms with Gasteiger partial charge in [0.2, 0.25) is 15.9 Å². The molecule has 2 N–H and O–H groups in total. The molecular formula is C17H22F3N3O3S. The summed E-state index contributed by atoms with van der Waals surface area (Å²) in [4.78, 5) is 14.2. The van der Waals surface area contributed by atoms with E-state index in [0.29, 0.717) is 19.2 Å². The summed E-state index contributed by atoms with van der Waals surface area (Å²) in [6.07, 6.45) is 1.68. The average Bonchev–Trinajstić information content (AvgIpc) is 3.12. The molecule has 150 valence electrons. The van der Waals surface area contributed by atoms with Crippen molar-refractivity contribution in [2.45, 2.75) is 31.3 Å². The van der Waals surface area contributed by atoms with Gasteiger partial charge in [-0.2, -0.15) is 4.31 Å². The van der Waals surface area contributed by atoms with Gasteiger partial charge in [-0.3, -0.25) is 4.79 Å². The highest BCUT2D eigenvalue weighted by atomic mass is 32.2. The fraction of sp³-hybridized carbons (Fsp3) is 0.588. The Morgan fingerprint density at radius 3 is 2.56 bits per heavy atom. The molecule has 3 unspecified atom stereocenters. The number of halogens is 3. The van der Waals surface area contributed by atoms with E-state index in [9.17, 15) is 26.4 Å². The van der Waals surface area contributed by atoms with Crippen molar-refractivity contribution < 1.29 is 26.4 Å². The van der Waals surface area contributed by atoms with Gasteiger partial charge >= 0.3 is 0 Å². The number of carbonyl (C=O) groups is 1. The van der Waals surface area contributed by atoms with Crippen LogP contribution >= 0.6 is 0 Å². The zero-order chi connectivity index (χ0) is 19.9. The van der Waals surface area contributed by atoms with Crippen LogP contribution in [0, 0.1) is 23.4 Å². The van der Waals surface area contributed by atoms with Gasteiger partial charge in [-0.25, -0.2) is 21.6 Å². The fourth-order valence-electron chi connectivity index (χ4n) is 3.92. The summed E-state index contributed by atoms with van der Waals surface area (Å²) in [5.74, 6) is -3.49. The van der Waals surface area contributed by atoms with Gasteiger partial charge in [0, 0.05) is 44.2 Å². The first-order chi connectivity index (χ1) is 12.6. The second-order valence-corrected chi connectivity index (χ2v) is 9.29. The van der Waals surface area contributed by atoms with Crippen LogP contribution in [0.4, 0.5) is 13.2 Å². The van der Waals surface area contributed by atoms with Crippen molar-refractivity contribution in [1.82, 2.24) is 9.21 Å². The fourth-order valence-corrected chi connectivity index (χ4v) is 4.81. The predicted molar refractivity (Wildman–Crippen MR) is 92.6 cm³/mol. The minimum Gasteiger partial charge on any atom is -0.338 e. The molecule has 27 heavy (non-hydrogen) atoms. The normalized spacial score (nSPS) is 24.3. The molecule has 2 heterocycles. The number of fused-ring (bicyclic) bond motifs is 1. The third kappa shape index (κ3) is 4.27. The van der Waals surface area contributed by atoms with Crippen LogP contribution in [-0.2, 0) is 21.2 Å². The Bertz CT molecular complexity index is 849. The van der Waals surface area contributed by atoms with E-state index in [0.717, 1.165) is 18.7 Å². The van der Waals surface area contributed by atoms with Crippen LogP contribution in [0.2, 0.25) is 0 Å². The summed E-state index contributed by atoms with van der Waals surface area (Å²) >= 11 is 0. The highest BCUT2D eigenvalue weighted by Crippen LogP contribution is 2.33. The standard InChI is InChI=1S/C17H22F3N3O3S/c1-27(25,26)22-8-10-2-3-23(16(10)9-22)17(24)6-12(21)4-11-5-14(19)15(20)7-13(11)18/h5,7,10,12,16H,2-4,6,8-9,21H2,1H3. The lowest BCUT2D eigenvalue weighted by Gasteiger charge is -2.26. The first-order valence-electron chi connectivity index (χ1n) is 8.70. The monoisotopic (exact) mass is 405 g/mol. The summed E-state index contributed by atoms with van der Waals surface area (Å²) in [6, 6.07) is 0.271. The molecule has 1 aromatic rings. The van der Waals surface area contributed by atoms with E-state index >= 15 is 0 Å². The molecule has 2 aliphatic rings. The van der Waals surface area contributed by atoms with Crippen molar-refractivity contribution in [2.24, 2.45) is 11.7 Å². The molecule has 0 bridgehead atoms. The summed E-state index contributed by atoms with van der Waals surface area (Å²) in [7, 11) is -3.31. The number of likely N-dealkylation sites (tertiary alicyclic amines) is 1. The van der Waals surface area contributed by atoms with E-state index in [-0.39, 0.29) is 42.8 Å². The third-order valence-electron chi connectivity index (χ3n) is 5.31. The number of nitrogens with two attached hydrogens (primary N) is 1. The molecule has 0 aliphatic carbocycles. The van der Waals surface area contributed by atoms with Crippen LogP contribution in [0.25, 0.3) is 0 Å². The molecule has 0 spiro atoms. The van der Waals surface area contributed by atoms with Crippen LogP contribution < -0.4 is 5.73 Å². The Kier molecular flexibility index (Phi) is 5.51. The zero-order valence-corrected chi connectivity index (χ0v) is 15.7. The van der Waals surface area contributed by atoms with Crippen LogP contribution in [0.1, 0.15) is 18.4 Å². The minimum absolute atomic E-state index is 0.0828. The van der Waals surface area contributed by atoms with E-state index < -0.39 is 33.5 Å². The largest absolute Gasteiger partial charge is 0.338 e. The lowest BCUT2D eigenvalue weighted by molar-refractivity contribution is -0.132. The van der Waals surface area contributed by atoms with Crippen LogP contribution in [0.15, 0.2) is 12.1 Å². The molecule has 3 atom stereocenters. The van der Waals surface area contributed by atoms with Crippen LogP contribution in [-0.4, -0.2) is 61.5 Å². The van der Waals surface area contributed by atoms with Gasteiger partial charge in [0.05, 0.1) is 6.26 Å². The van der Waals surface area contributed by atoms with Crippen molar-refractivity contribution in [1.29, 1.82) is 0 Å². The summed E-state index contributed by atoms with van der Waals surface area (Å²) in [6.45, 7) is 1.19. The van der Waals surface area contributed by atoms with Crippen molar-refractivity contribution in [3.63, 3.8) is 0 Å². The summed E-state index contributed by atoms with van der Waals surface area (Å²) in [5.41, 5.74) is 5.84. The Hall–Kier alpha value is -1.65. The molecule has 10 heteroatoms. The maximum Gasteiger partial charge on any atom is 0.224 e. The molecule has 0 radical (unpaired) electrons. The minimum atomic E-state index is -3.31. The zero-order valence-electron chi connectivity index (χ0n) is 14.9. The Morgan fingerprint density at radius 2 is 1.89 bits per heavy atom. The second-order valence-electron chi connectivity index (χ2n) is 7.31. The van der Waals surface area contributed by atoms with Gasteiger partial charge in [-0.05, 0) is 30.4 Å². The molecule has 2 aliphatic heterocycles. The van der Waals surface area contributed by atoms with Gasteiger partial charge in [0.25, 0.3) is 0 Å². The highest BCUT2D eigenvalue weighted by molar-refractivity contribution is 7.88. The van der Waals surface area contributed by atoms with Crippen LogP contribution in [0.5, 0.6) is 0 Å². The lowest BCUT2D eigenvalue weighted by atomic mass is 10.0. The summed E-state index contributed by atoms with van der Waals surface area (Å²) < 4.78 is 64.8. The number of nitrogens with zero attached hydrogens (tertiary/aromatic N) is 2. The topological polar surface area (TPSA) is 83.7 Å². The Morgan fingerprint density at radius 1 is 1.22 bits per heavy atom.